The van der Waals surface area contributed by atoms with Crippen LogP contribution in [-0.4, -0.2) is 55.8 Å². The van der Waals surface area contributed by atoms with E-state index in [-0.39, 0.29) is 23.8 Å². The Labute approximate surface area is 186 Å². The Morgan fingerprint density at radius 3 is 2.78 bits per heavy atom. The Morgan fingerprint density at radius 1 is 1.28 bits per heavy atom. The van der Waals surface area contributed by atoms with E-state index >= 15 is 0 Å². The summed E-state index contributed by atoms with van der Waals surface area (Å²) in [7, 11) is 0. The second-order valence-corrected chi connectivity index (χ2v) is 9.04. The lowest BCUT2D eigenvalue weighted by Gasteiger charge is -2.27. The van der Waals surface area contributed by atoms with Crippen molar-refractivity contribution in [3.05, 3.63) is 72.5 Å². The molecule has 2 aliphatic rings. The highest BCUT2D eigenvalue weighted by molar-refractivity contribution is 5.94. The molecule has 2 fully saturated rings. The van der Waals surface area contributed by atoms with Crippen molar-refractivity contribution < 1.29 is 14.0 Å². The lowest BCUT2D eigenvalue weighted by atomic mass is 9.75. The summed E-state index contributed by atoms with van der Waals surface area (Å²) in [5.74, 6) is 0.0534. The smallest absolute Gasteiger partial charge is 0.289 e. The number of imidazole rings is 1. The maximum absolute atomic E-state index is 13.8. The summed E-state index contributed by atoms with van der Waals surface area (Å²) in [6.45, 7) is 6.22. The lowest BCUT2D eigenvalue weighted by Crippen LogP contribution is -2.40. The van der Waals surface area contributed by atoms with Crippen LogP contribution in [0.5, 0.6) is 0 Å². The summed E-state index contributed by atoms with van der Waals surface area (Å²) in [6.07, 6.45) is 9.52. The van der Waals surface area contributed by atoms with E-state index in [0.717, 1.165) is 11.3 Å². The fourth-order valence-electron chi connectivity index (χ4n) is 5.00. The largest absolute Gasteiger partial charge is 0.459 e. The number of furan rings is 1. The zero-order chi connectivity index (χ0) is 22.3. The molecule has 3 aromatic heterocycles. The van der Waals surface area contributed by atoms with E-state index in [1.54, 1.807) is 29.4 Å². The SMILES string of the molecule is CC(C)n1cnc([C@@H]2CN(C(=O)c3ccco3)C[C@]23CCN(Cc2ccncc2)C3=O)c1. The average Bonchev–Trinajstić information content (AvgIpc) is 3.58. The van der Waals surface area contributed by atoms with Gasteiger partial charge >= 0.3 is 0 Å². The van der Waals surface area contributed by atoms with E-state index in [0.29, 0.717) is 38.4 Å². The molecule has 0 aliphatic carbocycles. The highest BCUT2D eigenvalue weighted by Crippen LogP contribution is 2.50. The average molecular weight is 434 g/mol. The second kappa shape index (κ2) is 7.93. The van der Waals surface area contributed by atoms with Crippen LogP contribution in [0.15, 0.2) is 59.9 Å². The standard InChI is InChI=1S/C24H27N5O3/c1-17(2)29-14-20(26-16-29)19-13-28(22(30)21-4-3-11-32-21)15-24(19)7-10-27(23(24)31)12-18-5-8-25-9-6-18/h3-6,8-9,11,14,16-17,19H,7,10,12-13,15H2,1-2H3/t19-,24+/m0/s1. The zero-order valence-electron chi connectivity index (χ0n) is 18.3. The van der Waals surface area contributed by atoms with Crippen LogP contribution in [0.25, 0.3) is 0 Å². The monoisotopic (exact) mass is 433 g/mol. The third kappa shape index (κ3) is 3.39. The topological polar surface area (TPSA) is 84.5 Å². The van der Waals surface area contributed by atoms with Crippen LogP contribution < -0.4 is 0 Å². The third-order valence-electron chi connectivity index (χ3n) is 6.80. The van der Waals surface area contributed by atoms with Gasteiger partial charge in [-0.05, 0) is 50.1 Å². The number of amides is 2. The van der Waals surface area contributed by atoms with E-state index in [4.69, 9.17) is 4.42 Å². The van der Waals surface area contributed by atoms with E-state index < -0.39 is 5.41 Å². The van der Waals surface area contributed by atoms with Crippen LogP contribution in [0, 0.1) is 5.41 Å². The number of rotatable bonds is 5. The molecule has 2 saturated heterocycles. The van der Waals surface area contributed by atoms with Crippen molar-refractivity contribution in [1.82, 2.24) is 24.3 Å². The maximum atomic E-state index is 13.8. The lowest BCUT2D eigenvalue weighted by molar-refractivity contribution is -0.136. The summed E-state index contributed by atoms with van der Waals surface area (Å²) in [4.78, 5) is 39.3. The highest BCUT2D eigenvalue weighted by atomic mass is 16.3. The van der Waals surface area contributed by atoms with Gasteiger partial charge in [0.05, 0.1) is 23.7 Å². The van der Waals surface area contributed by atoms with E-state index in [1.807, 2.05) is 34.1 Å². The number of carbonyl (C=O) groups excluding carboxylic acids is 2. The van der Waals surface area contributed by atoms with Crippen LogP contribution >= 0.6 is 0 Å². The molecule has 166 valence electrons. The molecule has 3 aromatic rings. The highest BCUT2D eigenvalue weighted by Gasteiger charge is 2.58. The van der Waals surface area contributed by atoms with Crippen molar-refractivity contribution in [3.8, 4) is 0 Å². The van der Waals surface area contributed by atoms with Crippen LogP contribution in [0.1, 0.15) is 54.0 Å². The van der Waals surface area contributed by atoms with Crippen LogP contribution in [0.2, 0.25) is 0 Å². The molecule has 0 unspecified atom stereocenters. The second-order valence-electron chi connectivity index (χ2n) is 9.04. The van der Waals surface area contributed by atoms with E-state index in [9.17, 15) is 9.59 Å². The number of carbonyl (C=O) groups is 2. The predicted molar refractivity (Wildman–Crippen MR) is 117 cm³/mol. The minimum Gasteiger partial charge on any atom is -0.459 e. The Kier molecular flexibility index (Phi) is 5.07. The van der Waals surface area contributed by atoms with Crippen molar-refractivity contribution in [2.75, 3.05) is 19.6 Å². The molecule has 0 radical (unpaired) electrons. The molecule has 8 nitrogen and oxygen atoms in total. The fourth-order valence-corrected chi connectivity index (χ4v) is 5.00. The van der Waals surface area contributed by atoms with Crippen LogP contribution in [-0.2, 0) is 11.3 Å². The van der Waals surface area contributed by atoms with Crippen molar-refractivity contribution in [2.24, 2.45) is 5.41 Å². The molecule has 0 saturated carbocycles. The number of likely N-dealkylation sites (tertiary alicyclic amines) is 2. The molecule has 8 heteroatoms. The minimum atomic E-state index is -0.675. The molecule has 5 heterocycles. The predicted octanol–water partition coefficient (Wildman–Crippen LogP) is 3.11. The van der Waals surface area contributed by atoms with Gasteiger partial charge < -0.3 is 18.8 Å². The van der Waals surface area contributed by atoms with Gasteiger partial charge in [-0.2, -0.15) is 0 Å². The summed E-state index contributed by atoms with van der Waals surface area (Å²) in [6, 6.07) is 7.51. The summed E-state index contributed by atoms with van der Waals surface area (Å²) in [5, 5.41) is 0. The number of nitrogens with zero attached hydrogens (tertiary/aromatic N) is 5. The Balaban J connectivity index is 1.47. The molecule has 2 amide bonds. The van der Waals surface area contributed by atoms with Crippen molar-refractivity contribution >= 4 is 11.8 Å². The molecule has 1 spiro atoms. The summed E-state index contributed by atoms with van der Waals surface area (Å²) >= 11 is 0. The van der Waals surface area contributed by atoms with Gasteiger partial charge in [-0.1, -0.05) is 0 Å². The van der Waals surface area contributed by atoms with Crippen LogP contribution in [0.3, 0.4) is 0 Å². The Bertz CT molecular complexity index is 1110. The quantitative estimate of drug-likeness (QED) is 0.617. The van der Waals surface area contributed by atoms with Gasteiger partial charge in [0.1, 0.15) is 0 Å². The maximum Gasteiger partial charge on any atom is 0.289 e. The first kappa shape index (κ1) is 20.5. The van der Waals surface area contributed by atoms with E-state index in [1.165, 1.54) is 6.26 Å². The van der Waals surface area contributed by atoms with Gasteiger partial charge in [-0.25, -0.2) is 4.98 Å². The molecule has 0 N–H and O–H groups in total. The van der Waals surface area contributed by atoms with Crippen LogP contribution in [0.4, 0.5) is 0 Å². The Hall–Kier alpha value is -3.42. The molecular weight excluding hydrogens is 406 g/mol. The van der Waals surface area contributed by atoms with Gasteiger partial charge in [0.2, 0.25) is 5.91 Å². The van der Waals surface area contributed by atoms with Crippen molar-refractivity contribution in [2.45, 2.75) is 38.8 Å². The molecule has 2 aliphatic heterocycles. The van der Waals surface area contributed by atoms with Gasteiger partial charge in [-0.3, -0.25) is 14.6 Å². The molecular formula is C24H27N5O3. The summed E-state index contributed by atoms with van der Waals surface area (Å²) < 4.78 is 7.40. The van der Waals surface area contributed by atoms with Crippen molar-refractivity contribution in [1.29, 1.82) is 0 Å². The molecule has 5 rings (SSSR count). The number of aromatic nitrogens is 3. The van der Waals surface area contributed by atoms with Gasteiger partial charge in [-0.15, -0.1) is 0 Å². The van der Waals surface area contributed by atoms with Gasteiger partial charge in [0, 0.05) is 56.7 Å². The van der Waals surface area contributed by atoms with Gasteiger partial charge in [0.25, 0.3) is 5.91 Å². The normalized spacial score (nSPS) is 23.1. The number of hydrogen-bond donors (Lipinski definition) is 0. The van der Waals surface area contributed by atoms with E-state index in [2.05, 4.69) is 23.8 Å². The zero-order valence-corrected chi connectivity index (χ0v) is 18.3. The Morgan fingerprint density at radius 2 is 2.09 bits per heavy atom. The minimum absolute atomic E-state index is 0.0909. The third-order valence-corrected chi connectivity index (χ3v) is 6.80. The molecule has 0 aromatic carbocycles. The first-order valence-electron chi connectivity index (χ1n) is 11.0. The fraction of sp³-hybridized carbons (Fsp3) is 0.417. The van der Waals surface area contributed by atoms with Crippen molar-refractivity contribution in [3.63, 3.8) is 0 Å². The number of pyridine rings is 1. The number of hydrogen-bond acceptors (Lipinski definition) is 5. The first-order valence-corrected chi connectivity index (χ1v) is 11.0. The summed E-state index contributed by atoms with van der Waals surface area (Å²) in [5.41, 5.74) is 1.24. The van der Waals surface area contributed by atoms with Gasteiger partial charge in [0.15, 0.2) is 5.76 Å². The molecule has 32 heavy (non-hydrogen) atoms. The first-order chi connectivity index (χ1) is 15.5. The molecule has 0 bridgehead atoms. The molecule has 2 atom stereocenters.